The quantitative estimate of drug-likeness (QED) is 0.370. The minimum atomic E-state index is -4.55. The zero-order chi connectivity index (χ0) is 27.9. The first-order valence-electron chi connectivity index (χ1n) is 11.9. The largest absolute Gasteiger partial charge is 0.401 e. The van der Waals surface area contributed by atoms with Gasteiger partial charge in [0.1, 0.15) is 12.5 Å². The van der Waals surface area contributed by atoms with Crippen LogP contribution < -0.4 is 16.4 Å². The molecule has 4 N–H and O–H groups in total. The summed E-state index contributed by atoms with van der Waals surface area (Å²) in [5.41, 5.74) is 16.0. The third-order valence-corrected chi connectivity index (χ3v) is 7.63. The number of halogens is 3. The van der Waals surface area contributed by atoms with Crippen molar-refractivity contribution in [1.82, 2.24) is 19.4 Å². The van der Waals surface area contributed by atoms with Crippen molar-refractivity contribution >= 4 is 15.5 Å². The first-order valence-corrected chi connectivity index (χ1v) is 13.8. The lowest BCUT2D eigenvalue weighted by molar-refractivity contribution is -0.158. The number of anilines is 1. The molecular formula is C26H26F3N7O2S. The van der Waals surface area contributed by atoms with Crippen molar-refractivity contribution in [3.8, 4) is 16.9 Å². The number of benzene rings is 2. The predicted octanol–water partition coefficient (Wildman–Crippen LogP) is 3.42. The lowest BCUT2D eigenvalue weighted by atomic mass is 10.1. The molecule has 0 fully saturated rings. The van der Waals surface area contributed by atoms with E-state index in [0.717, 1.165) is 22.4 Å². The van der Waals surface area contributed by atoms with E-state index in [1.54, 1.807) is 47.9 Å². The second kappa shape index (κ2) is 10.1. The maximum atomic E-state index is 13.5. The van der Waals surface area contributed by atoms with Gasteiger partial charge in [-0.2, -0.15) is 13.2 Å². The minimum absolute atomic E-state index is 0.102. The fraction of sp³-hybridized carbons (Fsp3) is 0.231. The number of alkyl halides is 3. The molecule has 1 aliphatic rings. The SMILES string of the molecule is CS(=O)(=O)c1cccc(-c2ccc3c(n2)C(N)N(CC(F)(F)F)C(N)N3Cc2ccc(-n3ccnc3)cc2)c1. The van der Waals surface area contributed by atoms with Gasteiger partial charge in [0.2, 0.25) is 0 Å². The van der Waals surface area contributed by atoms with Crippen LogP contribution >= 0.6 is 0 Å². The smallest absolute Gasteiger partial charge is 0.337 e. The van der Waals surface area contributed by atoms with E-state index < -0.39 is 35.0 Å². The summed E-state index contributed by atoms with van der Waals surface area (Å²) in [6, 6.07) is 17.1. The molecule has 0 spiro atoms. The Balaban J connectivity index is 1.53. The fourth-order valence-corrected chi connectivity index (χ4v) is 5.24. The Labute approximate surface area is 223 Å². The molecule has 0 bridgehead atoms. The maximum Gasteiger partial charge on any atom is 0.401 e. The lowest BCUT2D eigenvalue weighted by Gasteiger charge is -2.46. The van der Waals surface area contributed by atoms with Crippen molar-refractivity contribution in [2.24, 2.45) is 11.5 Å². The van der Waals surface area contributed by atoms with Crippen molar-refractivity contribution < 1.29 is 21.6 Å². The topological polar surface area (TPSA) is 123 Å². The summed E-state index contributed by atoms with van der Waals surface area (Å²) < 4.78 is 66.5. The standard InChI is InChI=1S/C26H26F3N7O2S/c1-39(37,38)20-4-2-3-18(13-20)21-9-10-22-23(33-21)24(30)36(15-26(27,28)29)25(31)35(22)14-17-5-7-19(8-6-17)34-12-11-32-16-34/h2-13,16,24-25H,14-15,30-31H2,1H3. The van der Waals surface area contributed by atoms with Crippen LogP contribution in [0.2, 0.25) is 0 Å². The highest BCUT2D eigenvalue weighted by molar-refractivity contribution is 7.90. The van der Waals surface area contributed by atoms with Crippen LogP contribution in [0.4, 0.5) is 18.9 Å². The Hall–Kier alpha value is -3.78. The van der Waals surface area contributed by atoms with Crippen LogP contribution in [0.25, 0.3) is 16.9 Å². The van der Waals surface area contributed by atoms with Gasteiger partial charge in [-0.25, -0.2) is 23.3 Å². The molecule has 3 heterocycles. The van der Waals surface area contributed by atoms with Gasteiger partial charge in [0.05, 0.1) is 34.8 Å². The summed E-state index contributed by atoms with van der Waals surface area (Å²) in [6.45, 7) is -1.13. The van der Waals surface area contributed by atoms with Crippen LogP contribution in [0.5, 0.6) is 0 Å². The zero-order valence-electron chi connectivity index (χ0n) is 20.8. The van der Waals surface area contributed by atoms with Crippen LogP contribution in [0.15, 0.2) is 84.3 Å². The lowest BCUT2D eigenvalue weighted by Crippen LogP contribution is -2.62. The van der Waals surface area contributed by atoms with Gasteiger partial charge in [0.25, 0.3) is 0 Å². The van der Waals surface area contributed by atoms with Crippen molar-refractivity contribution in [3.05, 3.63) is 90.6 Å². The molecule has 0 radical (unpaired) electrons. The predicted molar refractivity (Wildman–Crippen MR) is 140 cm³/mol. The highest BCUT2D eigenvalue weighted by Gasteiger charge is 2.42. The molecule has 13 heteroatoms. The van der Waals surface area contributed by atoms with Gasteiger partial charge in [-0.05, 0) is 42.0 Å². The second-order valence-electron chi connectivity index (χ2n) is 9.31. The summed E-state index contributed by atoms with van der Waals surface area (Å²) in [7, 11) is -3.47. The van der Waals surface area contributed by atoms with Crippen LogP contribution in [0, 0.1) is 0 Å². The number of fused-ring (bicyclic) bond motifs is 1. The van der Waals surface area contributed by atoms with Gasteiger partial charge in [0.15, 0.2) is 9.84 Å². The van der Waals surface area contributed by atoms with Crippen LogP contribution in [0.1, 0.15) is 17.4 Å². The molecule has 2 unspecified atom stereocenters. The van der Waals surface area contributed by atoms with Crippen LogP contribution in [0.3, 0.4) is 0 Å². The van der Waals surface area contributed by atoms with Gasteiger partial charge in [-0.15, -0.1) is 0 Å². The Morgan fingerprint density at radius 3 is 2.41 bits per heavy atom. The average molecular weight is 558 g/mol. The van der Waals surface area contributed by atoms with Crippen LogP contribution in [-0.2, 0) is 16.4 Å². The zero-order valence-corrected chi connectivity index (χ0v) is 21.6. The summed E-state index contributed by atoms with van der Waals surface area (Å²) in [5, 5.41) is 0. The van der Waals surface area contributed by atoms with E-state index in [4.69, 9.17) is 11.5 Å². The first kappa shape index (κ1) is 26.8. The third kappa shape index (κ3) is 5.66. The Kier molecular flexibility index (Phi) is 6.93. The number of nitrogens with two attached hydrogens (primary N) is 2. The monoisotopic (exact) mass is 557 g/mol. The molecule has 1 aliphatic heterocycles. The number of pyridine rings is 1. The molecule has 5 rings (SSSR count). The number of imidazole rings is 1. The number of hydrogen-bond acceptors (Lipinski definition) is 8. The number of aromatic nitrogens is 3. The molecule has 4 aromatic rings. The number of nitrogens with zero attached hydrogens (tertiary/aromatic N) is 5. The van der Waals surface area contributed by atoms with Crippen LogP contribution in [-0.4, -0.2) is 53.1 Å². The van der Waals surface area contributed by atoms with Gasteiger partial charge >= 0.3 is 6.18 Å². The molecule has 0 amide bonds. The molecule has 204 valence electrons. The third-order valence-electron chi connectivity index (χ3n) is 6.52. The molecular weight excluding hydrogens is 531 g/mol. The summed E-state index contributed by atoms with van der Waals surface area (Å²) in [4.78, 5) is 11.3. The summed E-state index contributed by atoms with van der Waals surface area (Å²) >= 11 is 0. The molecule has 9 nitrogen and oxygen atoms in total. The number of sulfone groups is 1. The minimum Gasteiger partial charge on any atom is -0.337 e. The molecule has 39 heavy (non-hydrogen) atoms. The molecule has 2 atom stereocenters. The highest BCUT2D eigenvalue weighted by Crippen LogP contribution is 2.38. The Morgan fingerprint density at radius 1 is 1.03 bits per heavy atom. The van der Waals surface area contributed by atoms with Crippen molar-refractivity contribution in [3.63, 3.8) is 0 Å². The van der Waals surface area contributed by atoms with Gasteiger partial charge in [-0.3, -0.25) is 5.73 Å². The molecule has 2 aromatic carbocycles. The molecule has 0 aliphatic carbocycles. The van der Waals surface area contributed by atoms with E-state index in [2.05, 4.69) is 9.97 Å². The van der Waals surface area contributed by atoms with Crippen molar-refractivity contribution in [1.29, 1.82) is 0 Å². The molecule has 0 saturated carbocycles. The number of rotatable bonds is 6. The molecule has 2 aromatic heterocycles. The molecule has 0 saturated heterocycles. The average Bonchev–Trinajstić information content (AvgIpc) is 3.43. The maximum absolute atomic E-state index is 13.5. The van der Waals surface area contributed by atoms with Crippen molar-refractivity contribution in [2.75, 3.05) is 17.7 Å². The first-order chi connectivity index (χ1) is 18.4. The van der Waals surface area contributed by atoms with E-state index in [1.165, 1.54) is 12.1 Å². The Bertz CT molecular complexity index is 1580. The highest BCUT2D eigenvalue weighted by atomic mass is 32.2. The van der Waals surface area contributed by atoms with E-state index in [1.807, 2.05) is 28.8 Å². The fourth-order valence-electron chi connectivity index (χ4n) is 4.58. The van der Waals surface area contributed by atoms with Gasteiger partial charge < -0.3 is 15.2 Å². The second-order valence-corrected chi connectivity index (χ2v) is 11.3. The van der Waals surface area contributed by atoms with E-state index >= 15 is 0 Å². The summed E-state index contributed by atoms with van der Waals surface area (Å²) in [6.07, 6.45) is -0.744. The Morgan fingerprint density at radius 2 is 1.77 bits per heavy atom. The summed E-state index contributed by atoms with van der Waals surface area (Å²) in [5.74, 6) is 0. The van der Waals surface area contributed by atoms with E-state index in [9.17, 15) is 21.6 Å². The normalized spacial score (nSPS) is 18.3. The van der Waals surface area contributed by atoms with Crippen molar-refractivity contribution in [2.45, 2.75) is 30.1 Å². The van der Waals surface area contributed by atoms with Gasteiger partial charge in [0, 0.05) is 36.4 Å². The van der Waals surface area contributed by atoms with E-state index in [-0.39, 0.29) is 17.1 Å². The van der Waals surface area contributed by atoms with E-state index in [0.29, 0.717) is 16.9 Å². The number of hydrogen-bond donors (Lipinski definition) is 2. The van der Waals surface area contributed by atoms with Gasteiger partial charge in [-0.1, -0.05) is 24.3 Å².